The third kappa shape index (κ3) is 15.3. The molecule has 0 saturated heterocycles. The smallest absolute Gasteiger partial charge is 0.200 e. The van der Waals surface area contributed by atoms with Gasteiger partial charge in [-0.2, -0.15) is 0 Å². The molecule has 2 nitrogen and oxygen atoms in total. The van der Waals surface area contributed by atoms with Crippen LogP contribution in [0.5, 0.6) is 0 Å². The minimum atomic E-state index is -7.22. The van der Waals surface area contributed by atoms with Gasteiger partial charge >= 0.3 is 0 Å². The highest BCUT2D eigenvalue weighted by Crippen LogP contribution is 2.31. The first-order valence-electron chi connectivity index (χ1n) is 26.5. The van der Waals surface area contributed by atoms with Crippen molar-refractivity contribution in [2.24, 2.45) is 0 Å². The molecule has 0 bridgehead atoms. The Morgan fingerprint density at radius 2 is 0.463 bits per heavy atom. The minimum absolute atomic E-state index is 0. The van der Waals surface area contributed by atoms with E-state index in [2.05, 4.69) is 49.9 Å². The van der Waals surface area contributed by atoms with Gasteiger partial charge in [-0.3, -0.25) is 0 Å². The zero-order valence-electron chi connectivity index (χ0n) is 44.9. The summed E-state index contributed by atoms with van der Waals surface area (Å²) in [6.07, 6.45) is 24.1. The molecule has 5 rings (SSSR count). The number of aryl methyl sites for hydroxylation is 1. The fourth-order valence-corrected chi connectivity index (χ4v) is 10.1. The van der Waals surface area contributed by atoms with Crippen LogP contribution in [-0.4, -0.2) is 19.2 Å². The van der Waals surface area contributed by atoms with E-state index in [1.165, 1.54) is 166 Å². The molecule has 5 aromatic rings. The van der Waals surface area contributed by atoms with Crippen LogP contribution in [0, 0.1) is 123 Å². The van der Waals surface area contributed by atoms with E-state index in [0.717, 1.165) is 0 Å². The predicted molar refractivity (Wildman–Crippen MR) is 272 cm³/mol. The van der Waals surface area contributed by atoms with Crippen molar-refractivity contribution in [3.8, 4) is 0 Å². The van der Waals surface area contributed by atoms with Crippen molar-refractivity contribution in [2.75, 3.05) is 18.0 Å². The van der Waals surface area contributed by atoms with Gasteiger partial charge < -0.3 is 11.1 Å². The number of anilines is 1. The van der Waals surface area contributed by atoms with E-state index in [1.807, 2.05) is 0 Å². The normalized spacial score (nSPS) is 11.5. The van der Waals surface area contributed by atoms with Crippen LogP contribution in [-0.2, 0) is 0 Å². The van der Waals surface area contributed by atoms with Crippen LogP contribution in [0.4, 0.5) is 93.5 Å². The van der Waals surface area contributed by atoms with Gasteiger partial charge in [0.15, 0.2) is 69.8 Å². The summed E-state index contributed by atoms with van der Waals surface area (Å²) in [5.41, 5.74) is -11.4. The highest BCUT2D eigenvalue weighted by atomic mass is 19.2. The zero-order valence-corrected chi connectivity index (χ0v) is 44.9. The van der Waals surface area contributed by atoms with Crippen molar-refractivity contribution in [3.05, 3.63) is 146 Å². The maximum absolute atomic E-state index is 15.4. The SMILES string of the molecule is CCCCCCCCCCCCCCN(CCCCCCCCCCCC)c1ccccc1C.Fc1c(F)c(F)c([B-](c2c(F)c(F)c(F)c(F)c2F)(c2c(F)c(F)c(F)c(F)c2F)c2c(F)c(F)c(F)c(F)c2F)c(F)c1F.[NH4+]. The van der Waals surface area contributed by atoms with Gasteiger partial charge in [0.25, 0.3) is 0 Å². The molecule has 0 heterocycles. The van der Waals surface area contributed by atoms with Crippen LogP contribution < -0.4 is 32.9 Å². The van der Waals surface area contributed by atoms with Crippen LogP contribution in [0.25, 0.3) is 0 Å². The lowest BCUT2D eigenvalue weighted by Gasteiger charge is -2.44. The van der Waals surface area contributed by atoms with Gasteiger partial charge in [-0.1, -0.05) is 160 Å². The average Bonchev–Trinajstić information content (AvgIpc) is 3.44. The molecule has 0 unspecified atom stereocenters. The van der Waals surface area contributed by atoms with E-state index in [-0.39, 0.29) is 6.15 Å². The van der Waals surface area contributed by atoms with Crippen LogP contribution >= 0.6 is 0 Å². The Labute approximate surface area is 452 Å². The van der Waals surface area contributed by atoms with Crippen LogP contribution in [0.1, 0.15) is 161 Å². The number of quaternary nitrogens is 1. The number of halogens is 20. The summed E-state index contributed by atoms with van der Waals surface area (Å²) in [7, 11) is 0. The molecule has 80 heavy (non-hydrogen) atoms. The molecule has 0 fully saturated rings. The van der Waals surface area contributed by atoms with Gasteiger partial charge in [0.1, 0.15) is 52.7 Å². The summed E-state index contributed by atoms with van der Waals surface area (Å²) in [6.45, 7) is 9.36. The molecule has 0 amide bonds. The summed E-state index contributed by atoms with van der Waals surface area (Å²) in [5.74, 6) is -71.4. The molecule has 0 aromatic heterocycles. The molecule has 5 aromatic carbocycles. The van der Waals surface area contributed by atoms with Crippen molar-refractivity contribution >= 4 is 33.7 Å². The van der Waals surface area contributed by atoms with E-state index in [0.29, 0.717) is 0 Å². The van der Waals surface area contributed by atoms with E-state index in [4.69, 9.17) is 0 Å². The molecule has 0 aliphatic rings. The Morgan fingerprint density at radius 1 is 0.275 bits per heavy atom. The largest absolute Gasteiger partial charge is 0.371 e. The highest BCUT2D eigenvalue weighted by Gasteiger charge is 2.52. The van der Waals surface area contributed by atoms with E-state index >= 15 is 35.1 Å². The number of unbranched alkanes of at least 4 members (excludes halogenated alkanes) is 20. The van der Waals surface area contributed by atoms with E-state index in [9.17, 15) is 52.7 Å². The van der Waals surface area contributed by atoms with Gasteiger partial charge in [0.05, 0.1) is 0 Å². The first-order chi connectivity index (χ1) is 37.5. The minimum Gasteiger partial charge on any atom is -0.371 e. The average molecular weight is 1170 g/mol. The first kappa shape index (κ1) is 68.8. The van der Waals surface area contributed by atoms with Gasteiger partial charge in [0.2, 0.25) is 0 Å². The maximum atomic E-state index is 15.4. The van der Waals surface area contributed by atoms with Gasteiger partial charge in [-0.15, -0.1) is 21.9 Å². The predicted octanol–water partition coefficient (Wildman–Crippen LogP) is 17.6. The Balaban J connectivity index is 0.000000433. The van der Waals surface area contributed by atoms with Crippen molar-refractivity contribution < 1.29 is 87.8 Å². The van der Waals surface area contributed by atoms with Crippen molar-refractivity contribution in [3.63, 3.8) is 0 Å². The number of nitrogens with zero attached hydrogens (tertiary/aromatic N) is 1. The molecular weight excluding hydrogens is 1100 g/mol. The van der Waals surface area contributed by atoms with Gasteiger partial charge in [0, 0.05) is 18.8 Å². The Bertz CT molecular complexity index is 2450. The lowest BCUT2D eigenvalue weighted by Crippen LogP contribution is -2.81. The second-order valence-corrected chi connectivity index (χ2v) is 19.6. The van der Waals surface area contributed by atoms with Crippen LogP contribution in [0.3, 0.4) is 0 Å². The van der Waals surface area contributed by atoms with E-state index < -0.39 is 144 Å². The van der Waals surface area contributed by atoms with Crippen LogP contribution in [0.15, 0.2) is 24.3 Å². The zero-order chi connectivity index (χ0) is 58.9. The molecule has 4 N–H and O–H groups in total. The quantitative estimate of drug-likeness (QED) is 0.0167. The van der Waals surface area contributed by atoms with Crippen molar-refractivity contribution in [2.45, 2.75) is 162 Å². The maximum Gasteiger partial charge on any atom is 0.200 e. The topological polar surface area (TPSA) is 39.7 Å². The first-order valence-corrected chi connectivity index (χ1v) is 26.5. The molecule has 0 aliphatic carbocycles. The summed E-state index contributed by atoms with van der Waals surface area (Å²) >= 11 is 0. The Morgan fingerprint density at radius 3 is 0.675 bits per heavy atom. The highest BCUT2D eigenvalue weighted by molar-refractivity contribution is 7.20. The van der Waals surface area contributed by atoms with Crippen LogP contribution in [0.2, 0.25) is 0 Å². The molecule has 0 radical (unpaired) electrons. The lowest BCUT2D eigenvalue weighted by atomic mass is 9.12. The standard InChI is InChI=1S/C33H61N.C24BF20.H3N/c1-4-6-8-10-12-14-16-17-19-21-23-27-31-34(33-29-25-24-28-32(33)3)30-26-22-20-18-15-13-11-9-7-5-2;26-5-1(6(27)14(35)21(42)13(5)34)25(2-7(28)15(36)22(43)16(37)8(2)29,3-9(30)17(38)23(44)18(39)10(3)31)4-11(32)19(40)24(45)20(41)12(4)33;/h24-25,28-29H,4-23,26-27,30-31H2,1-3H3;;1H3/q;-1;/p+1. The second kappa shape index (κ2) is 32.2. The molecule has 0 atom stereocenters. The lowest BCUT2D eigenvalue weighted by molar-refractivity contribution is 0.378. The Hall–Kier alpha value is -5.48. The second-order valence-electron chi connectivity index (χ2n) is 19.6. The molecule has 0 aliphatic heterocycles. The summed E-state index contributed by atoms with van der Waals surface area (Å²) in [6, 6.07) is 9.02. The van der Waals surface area contributed by atoms with E-state index in [1.54, 1.807) is 0 Å². The number of para-hydroxylation sites is 1. The molecule has 0 saturated carbocycles. The van der Waals surface area contributed by atoms with Gasteiger partial charge in [-0.25, -0.2) is 87.8 Å². The summed E-state index contributed by atoms with van der Waals surface area (Å²) in [4.78, 5) is 2.69. The summed E-state index contributed by atoms with van der Waals surface area (Å²) < 4.78 is 294. The number of hydrogen-bond acceptors (Lipinski definition) is 1. The third-order valence-corrected chi connectivity index (χ3v) is 14.2. The fourth-order valence-electron chi connectivity index (χ4n) is 10.1. The monoisotopic (exact) mass is 1170 g/mol. The van der Waals surface area contributed by atoms with Crippen molar-refractivity contribution in [1.29, 1.82) is 0 Å². The molecule has 446 valence electrons. The molecule has 0 spiro atoms. The molecule has 23 heteroatoms. The number of benzene rings is 5. The number of hydrogen-bond donors (Lipinski definition) is 1. The van der Waals surface area contributed by atoms with Gasteiger partial charge in [-0.05, 0) is 31.4 Å². The molecular formula is C57H65BF20N2. The number of rotatable bonds is 29. The fraction of sp³-hybridized carbons (Fsp3) is 0.474. The van der Waals surface area contributed by atoms with Crippen molar-refractivity contribution in [1.82, 2.24) is 6.15 Å². The third-order valence-electron chi connectivity index (χ3n) is 14.2. The Kier molecular flexibility index (Phi) is 27.7. The summed E-state index contributed by atoms with van der Waals surface area (Å²) in [5, 5.41) is 0.